The highest BCUT2D eigenvalue weighted by molar-refractivity contribution is 8.00. The van der Waals surface area contributed by atoms with E-state index in [1.165, 1.54) is 19.8 Å². The fourth-order valence-electron chi connectivity index (χ4n) is 2.39. The van der Waals surface area contributed by atoms with Crippen LogP contribution in [0.5, 0.6) is 0 Å². The third-order valence-corrected chi connectivity index (χ3v) is 4.49. The summed E-state index contributed by atoms with van der Waals surface area (Å²) in [7, 11) is 0. The van der Waals surface area contributed by atoms with Gasteiger partial charge in [-0.05, 0) is 37.1 Å². The van der Waals surface area contributed by atoms with E-state index in [1.807, 2.05) is 29.2 Å². The summed E-state index contributed by atoms with van der Waals surface area (Å²) in [6.07, 6.45) is 4.73. The second kappa shape index (κ2) is 8.08. The van der Waals surface area contributed by atoms with Crippen LogP contribution in [0.3, 0.4) is 0 Å². The normalized spacial score (nSPS) is 15.4. The van der Waals surface area contributed by atoms with Gasteiger partial charge in [-0.3, -0.25) is 9.59 Å². The highest BCUT2D eigenvalue weighted by atomic mass is 32.2. The zero-order valence-corrected chi connectivity index (χ0v) is 13.2. The number of thioether (sulfide) groups is 1. The maximum absolute atomic E-state index is 12.2. The Kier molecular flexibility index (Phi) is 6.11. The van der Waals surface area contributed by atoms with Gasteiger partial charge in [0.2, 0.25) is 11.8 Å². The first-order chi connectivity index (χ1) is 10.1. The summed E-state index contributed by atoms with van der Waals surface area (Å²) in [5.74, 6) is 0.638. The van der Waals surface area contributed by atoms with Crippen molar-refractivity contribution in [3.8, 4) is 0 Å². The van der Waals surface area contributed by atoms with Crippen LogP contribution in [0, 0.1) is 0 Å². The summed E-state index contributed by atoms with van der Waals surface area (Å²) in [5, 5.41) is 2.73. The first-order valence-electron chi connectivity index (χ1n) is 7.43. The summed E-state index contributed by atoms with van der Waals surface area (Å²) in [5.41, 5.74) is 0.783. The van der Waals surface area contributed by atoms with E-state index < -0.39 is 0 Å². The van der Waals surface area contributed by atoms with Gasteiger partial charge in [0.25, 0.3) is 0 Å². The van der Waals surface area contributed by atoms with E-state index in [4.69, 9.17) is 0 Å². The largest absolute Gasteiger partial charge is 0.342 e. The van der Waals surface area contributed by atoms with Crippen molar-refractivity contribution in [2.75, 3.05) is 24.2 Å². The Balaban J connectivity index is 1.81. The molecule has 1 N–H and O–H groups in total. The van der Waals surface area contributed by atoms with Crippen LogP contribution in [0.15, 0.2) is 29.2 Å². The van der Waals surface area contributed by atoms with Gasteiger partial charge in [-0.1, -0.05) is 12.8 Å². The summed E-state index contributed by atoms with van der Waals surface area (Å²) < 4.78 is 0. The minimum absolute atomic E-state index is 0.0771. The average Bonchev–Trinajstić information content (AvgIpc) is 2.75. The molecular formula is C16H22N2O2S. The van der Waals surface area contributed by atoms with Crippen molar-refractivity contribution < 1.29 is 9.59 Å². The molecule has 0 atom stereocenters. The van der Waals surface area contributed by atoms with Crippen LogP contribution in [0.1, 0.15) is 32.6 Å². The van der Waals surface area contributed by atoms with Gasteiger partial charge in [0.15, 0.2) is 0 Å². The van der Waals surface area contributed by atoms with Crippen LogP contribution in [0.25, 0.3) is 0 Å². The predicted molar refractivity (Wildman–Crippen MR) is 86.5 cm³/mol. The summed E-state index contributed by atoms with van der Waals surface area (Å²) in [6.45, 7) is 3.30. The first kappa shape index (κ1) is 15.9. The molecule has 0 bridgehead atoms. The van der Waals surface area contributed by atoms with Crippen molar-refractivity contribution >= 4 is 29.3 Å². The third kappa shape index (κ3) is 5.42. The van der Waals surface area contributed by atoms with E-state index in [1.54, 1.807) is 11.8 Å². The van der Waals surface area contributed by atoms with Crippen molar-refractivity contribution in [3.05, 3.63) is 24.3 Å². The molecule has 1 aromatic carbocycles. The van der Waals surface area contributed by atoms with E-state index >= 15 is 0 Å². The van der Waals surface area contributed by atoms with E-state index in [2.05, 4.69) is 5.32 Å². The molecule has 1 aliphatic rings. The molecule has 1 aliphatic heterocycles. The van der Waals surface area contributed by atoms with Gasteiger partial charge in [0.05, 0.1) is 5.75 Å². The predicted octanol–water partition coefficient (Wildman–Crippen LogP) is 3.14. The molecule has 0 radical (unpaired) electrons. The Bertz CT molecular complexity index is 480. The molecule has 2 rings (SSSR count). The lowest BCUT2D eigenvalue weighted by Gasteiger charge is -2.19. The van der Waals surface area contributed by atoms with Crippen molar-refractivity contribution in [2.24, 2.45) is 0 Å². The number of carbonyl (C=O) groups excluding carboxylic acids is 2. The second-order valence-electron chi connectivity index (χ2n) is 5.29. The number of benzene rings is 1. The number of hydrogen-bond acceptors (Lipinski definition) is 3. The Morgan fingerprint density at radius 3 is 2.29 bits per heavy atom. The zero-order valence-electron chi connectivity index (χ0n) is 12.4. The third-order valence-electron chi connectivity index (χ3n) is 3.50. The lowest BCUT2D eigenvalue weighted by atomic mass is 10.2. The molecule has 0 aromatic heterocycles. The Morgan fingerprint density at radius 2 is 1.71 bits per heavy atom. The molecule has 0 unspecified atom stereocenters. The summed E-state index contributed by atoms with van der Waals surface area (Å²) in [6, 6.07) is 7.59. The standard InChI is InChI=1S/C16H22N2O2S/c1-13(19)17-14-6-8-15(9-7-14)21-12-16(20)18-10-4-2-3-5-11-18/h6-9H,2-5,10-12H2,1H3,(H,17,19). The molecule has 0 saturated carbocycles. The quantitative estimate of drug-likeness (QED) is 0.869. The molecule has 0 aliphatic carbocycles. The van der Waals surface area contributed by atoms with Crippen LogP contribution in [-0.2, 0) is 9.59 Å². The van der Waals surface area contributed by atoms with Gasteiger partial charge in [-0.2, -0.15) is 0 Å². The van der Waals surface area contributed by atoms with Crippen molar-refractivity contribution in [1.29, 1.82) is 0 Å². The van der Waals surface area contributed by atoms with Crippen molar-refractivity contribution in [2.45, 2.75) is 37.5 Å². The van der Waals surface area contributed by atoms with Gasteiger partial charge in [-0.15, -0.1) is 11.8 Å². The molecule has 2 amide bonds. The Morgan fingerprint density at radius 1 is 1.10 bits per heavy atom. The van der Waals surface area contributed by atoms with Crippen molar-refractivity contribution in [3.63, 3.8) is 0 Å². The molecule has 0 spiro atoms. The van der Waals surface area contributed by atoms with Crippen LogP contribution in [-0.4, -0.2) is 35.6 Å². The molecule has 1 saturated heterocycles. The highest BCUT2D eigenvalue weighted by Gasteiger charge is 2.15. The number of amides is 2. The minimum Gasteiger partial charge on any atom is -0.342 e. The smallest absolute Gasteiger partial charge is 0.232 e. The fraction of sp³-hybridized carbons (Fsp3) is 0.500. The second-order valence-corrected chi connectivity index (χ2v) is 6.34. The van der Waals surface area contributed by atoms with E-state index in [-0.39, 0.29) is 11.8 Å². The number of anilines is 1. The molecule has 5 heteroatoms. The molecular weight excluding hydrogens is 284 g/mol. The van der Waals surface area contributed by atoms with Gasteiger partial charge in [-0.25, -0.2) is 0 Å². The van der Waals surface area contributed by atoms with Gasteiger partial charge in [0.1, 0.15) is 0 Å². The molecule has 114 valence electrons. The number of nitrogens with one attached hydrogen (secondary N) is 1. The van der Waals surface area contributed by atoms with Gasteiger partial charge < -0.3 is 10.2 Å². The fourth-order valence-corrected chi connectivity index (χ4v) is 3.20. The number of hydrogen-bond donors (Lipinski definition) is 1. The monoisotopic (exact) mass is 306 g/mol. The lowest BCUT2D eigenvalue weighted by molar-refractivity contribution is -0.128. The Hall–Kier alpha value is -1.49. The number of carbonyl (C=O) groups is 2. The topological polar surface area (TPSA) is 49.4 Å². The van der Waals surface area contributed by atoms with Crippen LogP contribution in [0.2, 0.25) is 0 Å². The SMILES string of the molecule is CC(=O)Nc1ccc(SCC(=O)N2CCCCCC2)cc1. The van der Waals surface area contributed by atoms with Crippen LogP contribution in [0.4, 0.5) is 5.69 Å². The summed E-state index contributed by atoms with van der Waals surface area (Å²) >= 11 is 1.55. The highest BCUT2D eigenvalue weighted by Crippen LogP contribution is 2.21. The summed E-state index contributed by atoms with van der Waals surface area (Å²) in [4.78, 5) is 26.2. The van der Waals surface area contributed by atoms with Crippen molar-refractivity contribution in [1.82, 2.24) is 4.90 Å². The number of likely N-dealkylation sites (tertiary alicyclic amines) is 1. The molecule has 1 fully saturated rings. The lowest BCUT2D eigenvalue weighted by Crippen LogP contribution is -2.33. The van der Waals surface area contributed by atoms with E-state index in [0.717, 1.165) is 36.5 Å². The maximum atomic E-state index is 12.2. The average molecular weight is 306 g/mol. The van der Waals surface area contributed by atoms with E-state index in [0.29, 0.717) is 5.75 Å². The molecule has 1 aromatic rings. The van der Waals surface area contributed by atoms with Crippen LogP contribution < -0.4 is 5.32 Å². The maximum Gasteiger partial charge on any atom is 0.232 e. The Labute approximate surface area is 130 Å². The van der Waals surface area contributed by atoms with Crippen LogP contribution >= 0.6 is 11.8 Å². The molecule has 4 nitrogen and oxygen atoms in total. The van der Waals surface area contributed by atoms with E-state index in [9.17, 15) is 9.59 Å². The molecule has 21 heavy (non-hydrogen) atoms. The zero-order chi connectivity index (χ0) is 15.1. The first-order valence-corrected chi connectivity index (χ1v) is 8.42. The number of rotatable bonds is 4. The number of nitrogens with zero attached hydrogens (tertiary/aromatic N) is 1. The minimum atomic E-state index is -0.0771. The molecule has 1 heterocycles. The van der Waals surface area contributed by atoms with Gasteiger partial charge in [0, 0.05) is 30.6 Å². The van der Waals surface area contributed by atoms with Gasteiger partial charge >= 0.3 is 0 Å².